The molecule has 2 rings (SSSR count). The lowest BCUT2D eigenvalue weighted by atomic mass is 10.1. The molecule has 94 valence electrons. The van der Waals surface area contributed by atoms with E-state index in [0.717, 1.165) is 17.1 Å². The van der Waals surface area contributed by atoms with E-state index in [2.05, 4.69) is 17.2 Å². The van der Waals surface area contributed by atoms with E-state index in [4.69, 9.17) is 9.47 Å². The lowest BCUT2D eigenvalue weighted by molar-refractivity contribution is -0.116. The molecule has 1 amide bonds. The molecule has 18 heavy (non-hydrogen) atoms. The quantitative estimate of drug-likeness (QED) is 0.806. The van der Waals surface area contributed by atoms with Gasteiger partial charge in [0, 0.05) is 0 Å². The fourth-order valence-electron chi connectivity index (χ4n) is 1.76. The minimum atomic E-state index is -0.278. The summed E-state index contributed by atoms with van der Waals surface area (Å²) in [5, 5.41) is 2.79. The Morgan fingerprint density at radius 1 is 1.33 bits per heavy atom. The number of carbonyl (C=O) groups excluding carboxylic acids is 1. The Bertz CT molecular complexity index is 514. The van der Waals surface area contributed by atoms with Crippen LogP contribution in [0.25, 0.3) is 0 Å². The summed E-state index contributed by atoms with van der Waals surface area (Å²) in [6.45, 7) is 4.66. The Kier molecular flexibility index (Phi) is 3.73. The zero-order valence-corrected chi connectivity index (χ0v) is 10.4. The van der Waals surface area contributed by atoms with Crippen molar-refractivity contribution in [3.8, 4) is 23.3 Å². The van der Waals surface area contributed by atoms with Crippen LogP contribution in [0.2, 0.25) is 0 Å². The van der Waals surface area contributed by atoms with Gasteiger partial charge in [0.25, 0.3) is 5.91 Å². The zero-order chi connectivity index (χ0) is 13.0. The Morgan fingerprint density at radius 3 is 2.78 bits per heavy atom. The first-order valence-corrected chi connectivity index (χ1v) is 5.83. The van der Waals surface area contributed by atoms with Crippen molar-refractivity contribution in [1.29, 1.82) is 0 Å². The van der Waals surface area contributed by atoms with Gasteiger partial charge in [-0.3, -0.25) is 4.79 Å². The maximum atomic E-state index is 11.4. The molecule has 0 spiro atoms. The van der Waals surface area contributed by atoms with Crippen LogP contribution in [-0.2, 0) is 4.79 Å². The Hall–Kier alpha value is -2.15. The summed E-state index contributed by atoms with van der Waals surface area (Å²) in [6, 6.07) is 5.54. The molecule has 1 aromatic carbocycles. The van der Waals surface area contributed by atoms with Crippen LogP contribution in [-0.4, -0.2) is 19.1 Å². The monoisotopic (exact) mass is 245 g/mol. The smallest absolute Gasteiger partial charge is 0.296 e. The molecule has 1 atom stereocenters. The minimum Gasteiger partial charge on any atom is -0.486 e. The summed E-state index contributed by atoms with van der Waals surface area (Å²) < 4.78 is 10.9. The molecule has 4 heteroatoms. The summed E-state index contributed by atoms with van der Waals surface area (Å²) in [5.41, 5.74) is 0.963. The summed E-state index contributed by atoms with van der Waals surface area (Å²) in [4.78, 5) is 11.4. The highest BCUT2D eigenvalue weighted by Gasteiger charge is 2.15. The third-order valence-electron chi connectivity index (χ3n) is 2.65. The maximum absolute atomic E-state index is 11.4. The topological polar surface area (TPSA) is 47.6 Å². The van der Waals surface area contributed by atoms with Gasteiger partial charge in [0.1, 0.15) is 13.2 Å². The number of ether oxygens (including phenoxy) is 2. The largest absolute Gasteiger partial charge is 0.486 e. The van der Waals surface area contributed by atoms with E-state index in [-0.39, 0.29) is 11.9 Å². The number of fused-ring (bicyclic) bond motifs is 1. The average molecular weight is 245 g/mol. The molecule has 4 nitrogen and oxygen atoms in total. The van der Waals surface area contributed by atoms with Crippen molar-refractivity contribution in [2.24, 2.45) is 0 Å². The van der Waals surface area contributed by atoms with Gasteiger partial charge in [0.2, 0.25) is 0 Å². The zero-order valence-electron chi connectivity index (χ0n) is 10.4. The predicted octanol–water partition coefficient (Wildman–Crippen LogP) is 1.66. The van der Waals surface area contributed by atoms with Crippen molar-refractivity contribution in [2.45, 2.75) is 19.9 Å². The van der Waals surface area contributed by atoms with Crippen molar-refractivity contribution >= 4 is 5.91 Å². The number of nitrogens with one attached hydrogen (secondary N) is 1. The van der Waals surface area contributed by atoms with E-state index in [9.17, 15) is 4.79 Å². The molecule has 1 heterocycles. The normalized spacial score (nSPS) is 14.1. The van der Waals surface area contributed by atoms with E-state index in [1.807, 2.05) is 25.1 Å². The van der Waals surface area contributed by atoms with Gasteiger partial charge in [0.05, 0.1) is 6.04 Å². The second kappa shape index (κ2) is 5.46. The molecule has 1 aliphatic heterocycles. The third-order valence-corrected chi connectivity index (χ3v) is 2.65. The highest BCUT2D eigenvalue weighted by atomic mass is 16.6. The van der Waals surface area contributed by atoms with E-state index in [1.54, 1.807) is 6.92 Å². The Labute approximate surface area is 106 Å². The van der Waals surface area contributed by atoms with Crippen molar-refractivity contribution in [3.05, 3.63) is 23.8 Å². The molecule has 1 N–H and O–H groups in total. The van der Waals surface area contributed by atoms with Crippen LogP contribution in [0.3, 0.4) is 0 Å². The lowest BCUT2D eigenvalue weighted by Crippen LogP contribution is -2.25. The van der Waals surface area contributed by atoms with E-state index in [0.29, 0.717) is 13.2 Å². The fourth-order valence-corrected chi connectivity index (χ4v) is 1.76. The number of hydrogen-bond donors (Lipinski definition) is 1. The third kappa shape index (κ3) is 2.75. The molecule has 0 bridgehead atoms. The molecule has 1 aromatic rings. The number of rotatable bonds is 2. The SMILES string of the molecule is CC#CC(=O)NC(C)c1ccc2c(c1)OCCO2. The summed E-state index contributed by atoms with van der Waals surface area (Å²) in [5.74, 6) is 6.21. The summed E-state index contributed by atoms with van der Waals surface area (Å²) in [6.07, 6.45) is 0. The highest BCUT2D eigenvalue weighted by molar-refractivity contribution is 5.93. The van der Waals surface area contributed by atoms with Gasteiger partial charge in [-0.25, -0.2) is 0 Å². The molecular formula is C14H15NO3. The van der Waals surface area contributed by atoms with Crippen LogP contribution in [0.1, 0.15) is 25.5 Å². The van der Waals surface area contributed by atoms with Gasteiger partial charge < -0.3 is 14.8 Å². The van der Waals surface area contributed by atoms with Crippen LogP contribution in [0.15, 0.2) is 18.2 Å². The minimum absolute atomic E-state index is 0.117. The second-order valence-electron chi connectivity index (χ2n) is 3.97. The van der Waals surface area contributed by atoms with Crippen LogP contribution in [0.5, 0.6) is 11.5 Å². The van der Waals surface area contributed by atoms with Gasteiger partial charge in [0.15, 0.2) is 11.5 Å². The van der Waals surface area contributed by atoms with Gasteiger partial charge in [-0.1, -0.05) is 12.0 Å². The first kappa shape index (κ1) is 12.3. The second-order valence-corrected chi connectivity index (χ2v) is 3.97. The van der Waals surface area contributed by atoms with Crippen molar-refractivity contribution < 1.29 is 14.3 Å². The van der Waals surface area contributed by atoms with E-state index >= 15 is 0 Å². The molecule has 1 unspecified atom stereocenters. The van der Waals surface area contributed by atoms with E-state index < -0.39 is 0 Å². The number of hydrogen-bond acceptors (Lipinski definition) is 3. The van der Waals surface area contributed by atoms with Crippen molar-refractivity contribution in [1.82, 2.24) is 5.32 Å². The van der Waals surface area contributed by atoms with Crippen molar-refractivity contribution in [3.63, 3.8) is 0 Å². The maximum Gasteiger partial charge on any atom is 0.296 e. The number of benzene rings is 1. The molecular weight excluding hydrogens is 230 g/mol. The molecule has 0 saturated carbocycles. The number of carbonyl (C=O) groups is 1. The molecule has 0 saturated heterocycles. The fraction of sp³-hybridized carbons (Fsp3) is 0.357. The predicted molar refractivity (Wildman–Crippen MR) is 67.4 cm³/mol. The van der Waals surface area contributed by atoms with Gasteiger partial charge >= 0.3 is 0 Å². The van der Waals surface area contributed by atoms with Crippen LogP contribution in [0.4, 0.5) is 0 Å². The van der Waals surface area contributed by atoms with Crippen LogP contribution < -0.4 is 14.8 Å². The first-order valence-electron chi connectivity index (χ1n) is 5.83. The van der Waals surface area contributed by atoms with Gasteiger partial charge in [-0.05, 0) is 37.5 Å². The first-order chi connectivity index (χ1) is 8.70. The molecule has 0 fully saturated rings. The lowest BCUT2D eigenvalue weighted by Gasteiger charge is -2.20. The van der Waals surface area contributed by atoms with Gasteiger partial charge in [-0.15, -0.1) is 0 Å². The standard InChI is InChI=1S/C14H15NO3/c1-3-4-14(16)15-10(2)11-5-6-12-13(9-11)18-8-7-17-12/h5-6,9-10H,7-8H2,1-2H3,(H,15,16). The highest BCUT2D eigenvalue weighted by Crippen LogP contribution is 2.32. The van der Waals surface area contributed by atoms with Crippen LogP contribution in [0, 0.1) is 11.8 Å². The summed E-state index contributed by atoms with van der Waals surface area (Å²) in [7, 11) is 0. The van der Waals surface area contributed by atoms with E-state index in [1.165, 1.54) is 0 Å². The van der Waals surface area contributed by atoms with Gasteiger partial charge in [-0.2, -0.15) is 0 Å². The molecule has 1 aliphatic rings. The van der Waals surface area contributed by atoms with Crippen molar-refractivity contribution in [2.75, 3.05) is 13.2 Å². The number of amides is 1. The average Bonchev–Trinajstić information content (AvgIpc) is 2.38. The molecule has 0 aliphatic carbocycles. The summed E-state index contributed by atoms with van der Waals surface area (Å²) >= 11 is 0. The molecule has 0 radical (unpaired) electrons. The van der Waals surface area contributed by atoms with Crippen LogP contribution >= 0.6 is 0 Å². The Balaban J connectivity index is 2.12. The molecule has 0 aromatic heterocycles. The Morgan fingerprint density at radius 2 is 2.06 bits per heavy atom.